The summed E-state index contributed by atoms with van der Waals surface area (Å²) in [4.78, 5) is 36.6. The molecule has 4 heterocycles. The fraction of sp³-hybridized carbons (Fsp3) is 0.414. The number of amides is 1. The van der Waals surface area contributed by atoms with Gasteiger partial charge in [-0.15, -0.1) is 0 Å². The highest BCUT2D eigenvalue weighted by atomic mass is 35.5. The molecule has 3 aliphatic heterocycles. The van der Waals surface area contributed by atoms with Crippen molar-refractivity contribution in [3.05, 3.63) is 58.2 Å². The van der Waals surface area contributed by atoms with E-state index in [0.717, 1.165) is 13.1 Å². The Hall–Kier alpha value is -3.67. The summed E-state index contributed by atoms with van der Waals surface area (Å²) < 4.78 is 28.6. The minimum absolute atomic E-state index is 0.0942. The average molecular weight is 584 g/mol. The minimum Gasteiger partial charge on any atom is -0.507 e. The van der Waals surface area contributed by atoms with Crippen LogP contribution >= 0.6 is 11.6 Å². The number of ether oxygens (including phenoxy) is 2. The quantitative estimate of drug-likeness (QED) is 0.458. The molecule has 1 aromatic heterocycles. The van der Waals surface area contributed by atoms with Crippen LogP contribution < -0.4 is 15.3 Å². The van der Waals surface area contributed by atoms with Gasteiger partial charge in [0.05, 0.1) is 40.9 Å². The number of aromatic hydroxyl groups is 1. The van der Waals surface area contributed by atoms with Gasteiger partial charge in [-0.2, -0.15) is 4.98 Å². The van der Waals surface area contributed by atoms with Gasteiger partial charge in [-0.3, -0.25) is 14.3 Å². The van der Waals surface area contributed by atoms with Crippen LogP contribution in [0.1, 0.15) is 13.0 Å². The molecule has 3 aromatic rings. The molecular formula is C29H31ClFN5O5. The molecule has 0 bridgehead atoms. The molecule has 0 saturated carbocycles. The molecule has 0 spiro atoms. The maximum absolute atomic E-state index is 15.1. The van der Waals surface area contributed by atoms with Crippen LogP contribution in [0.4, 0.5) is 10.2 Å². The molecule has 2 atom stereocenters. The molecule has 3 aliphatic rings. The Morgan fingerprint density at radius 3 is 2.73 bits per heavy atom. The summed E-state index contributed by atoms with van der Waals surface area (Å²) >= 11 is 6.83. The number of carbonyl (C=O) groups is 1. The van der Waals surface area contributed by atoms with E-state index >= 15 is 4.39 Å². The van der Waals surface area contributed by atoms with E-state index in [0.29, 0.717) is 56.1 Å². The smallest absolute Gasteiger partial charge is 0.350 e. The molecule has 216 valence electrons. The summed E-state index contributed by atoms with van der Waals surface area (Å²) in [6.45, 7) is 10.2. The number of phenols is 1. The van der Waals surface area contributed by atoms with Crippen LogP contribution in [0.25, 0.3) is 22.0 Å². The van der Waals surface area contributed by atoms with Gasteiger partial charge >= 0.3 is 5.69 Å². The predicted molar refractivity (Wildman–Crippen MR) is 153 cm³/mol. The Bertz CT molecular complexity index is 1570. The molecule has 10 nitrogen and oxygen atoms in total. The van der Waals surface area contributed by atoms with Gasteiger partial charge in [0, 0.05) is 50.7 Å². The SMILES string of the molecule is C=CC(=O)N1CCN(c2nc(=O)n3c4c(c(-c5c(O)cccc5F)c(Cl)cc24)OC[C@@H]3CN2CCOCC2)[C@@H](C)C1. The predicted octanol–water partition coefficient (Wildman–Crippen LogP) is 3.05. The fourth-order valence-corrected chi connectivity index (χ4v) is 6.38. The summed E-state index contributed by atoms with van der Waals surface area (Å²) in [5.74, 6) is -0.469. The van der Waals surface area contributed by atoms with E-state index in [1.165, 1.54) is 24.3 Å². The standard InChI is InChI=1S/C29H31ClFN5O5/c1-3-23(38)34-7-8-35(17(2)14-34)28-19-13-20(30)24(25-21(31)5-4-6-22(25)37)27-26(19)36(29(39)32-28)18(16-41-27)15-33-9-11-40-12-10-33/h3-6,13,17-18,37H,1,7-12,14-16H2,2H3/t17-,18-/m0/s1. The number of piperazine rings is 1. The molecule has 2 aromatic carbocycles. The van der Waals surface area contributed by atoms with E-state index in [2.05, 4.69) is 16.5 Å². The van der Waals surface area contributed by atoms with Crippen molar-refractivity contribution < 1.29 is 23.8 Å². The lowest BCUT2D eigenvalue weighted by Gasteiger charge is -2.41. The van der Waals surface area contributed by atoms with Crippen molar-refractivity contribution in [2.24, 2.45) is 0 Å². The zero-order chi connectivity index (χ0) is 28.8. The molecule has 6 rings (SSSR count). The third-order valence-electron chi connectivity index (χ3n) is 8.08. The molecule has 12 heteroatoms. The molecule has 2 saturated heterocycles. The van der Waals surface area contributed by atoms with E-state index in [9.17, 15) is 14.7 Å². The number of nitrogens with zero attached hydrogens (tertiary/aromatic N) is 5. The van der Waals surface area contributed by atoms with E-state index in [-0.39, 0.29) is 52.2 Å². The van der Waals surface area contributed by atoms with Crippen molar-refractivity contribution in [2.75, 3.05) is 64.0 Å². The van der Waals surface area contributed by atoms with Gasteiger partial charge < -0.3 is 24.4 Å². The second kappa shape index (κ2) is 11.0. The average Bonchev–Trinajstić information content (AvgIpc) is 2.96. The van der Waals surface area contributed by atoms with Crippen molar-refractivity contribution in [3.8, 4) is 22.6 Å². The van der Waals surface area contributed by atoms with Gasteiger partial charge in [0.25, 0.3) is 0 Å². The summed E-state index contributed by atoms with van der Waals surface area (Å²) in [5.41, 5.74) is 0.0733. The topological polar surface area (TPSA) is 100 Å². The number of morpholine rings is 1. The second-order valence-electron chi connectivity index (χ2n) is 10.6. The van der Waals surface area contributed by atoms with Crippen LogP contribution in [-0.2, 0) is 9.53 Å². The van der Waals surface area contributed by atoms with Crippen molar-refractivity contribution in [1.82, 2.24) is 19.4 Å². The summed E-state index contributed by atoms with van der Waals surface area (Å²) in [5, 5.41) is 11.4. The fourth-order valence-electron chi connectivity index (χ4n) is 6.09. The molecule has 41 heavy (non-hydrogen) atoms. The highest BCUT2D eigenvalue weighted by Gasteiger charge is 2.35. The van der Waals surface area contributed by atoms with E-state index < -0.39 is 11.5 Å². The zero-order valence-corrected chi connectivity index (χ0v) is 23.4. The van der Waals surface area contributed by atoms with E-state index in [1.54, 1.807) is 15.5 Å². The van der Waals surface area contributed by atoms with Gasteiger partial charge in [-0.25, -0.2) is 9.18 Å². The molecule has 0 aliphatic carbocycles. The lowest BCUT2D eigenvalue weighted by Crippen LogP contribution is -2.54. The number of rotatable bonds is 5. The molecule has 1 amide bonds. The lowest BCUT2D eigenvalue weighted by atomic mass is 9.98. The Balaban J connectivity index is 1.55. The van der Waals surface area contributed by atoms with Crippen LogP contribution in [0.15, 0.2) is 41.7 Å². The first-order valence-electron chi connectivity index (χ1n) is 13.7. The highest BCUT2D eigenvalue weighted by molar-refractivity contribution is 6.35. The number of hydrogen-bond acceptors (Lipinski definition) is 8. The zero-order valence-electron chi connectivity index (χ0n) is 22.7. The first kappa shape index (κ1) is 27.5. The first-order chi connectivity index (χ1) is 19.8. The van der Waals surface area contributed by atoms with Crippen molar-refractivity contribution in [2.45, 2.75) is 19.0 Å². The van der Waals surface area contributed by atoms with Crippen LogP contribution in [0.3, 0.4) is 0 Å². The summed E-state index contributed by atoms with van der Waals surface area (Å²) in [6, 6.07) is 5.16. The summed E-state index contributed by atoms with van der Waals surface area (Å²) in [7, 11) is 0. The third-order valence-corrected chi connectivity index (χ3v) is 8.38. The molecule has 1 N–H and O–H groups in total. The molecule has 0 unspecified atom stereocenters. The molecular weight excluding hydrogens is 553 g/mol. The number of anilines is 1. The Morgan fingerprint density at radius 2 is 2.02 bits per heavy atom. The van der Waals surface area contributed by atoms with Crippen LogP contribution in [0.5, 0.6) is 11.5 Å². The highest BCUT2D eigenvalue weighted by Crippen LogP contribution is 2.49. The number of aromatic nitrogens is 2. The third kappa shape index (κ3) is 4.81. The van der Waals surface area contributed by atoms with Crippen molar-refractivity contribution in [3.63, 3.8) is 0 Å². The van der Waals surface area contributed by atoms with Gasteiger partial charge in [0.15, 0.2) is 5.75 Å². The van der Waals surface area contributed by atoms with Gasteiger partial charge in [0.1, 0.15) is 24.0 Å². The number of benzene rings is 2. The normalized spacial score (nSPS) is 21.1. The number of halogens is 2. The maximum atomic E-state index is 15.1. The van der Waals surface area contributed by atoms with E-state index in [4.69, 9.17) is 21.1 Å². The maximum Gasteiger partial charge on any atom is 0.350 e. The van der Waals surface area contributed by atoms with Gasteiger partial charge in [-0.05, 0) is 31.2 Å². The lowest BCUT2D eigenvalue weighted by molar-refractivity contribution is -0.126. The summed E-state index contributed by atoms with van der Waals surface area (Å²) in [6.07, 6.45) is 1.29. The van der Waals surface area contributed by atoms with E-state index in [1.807, 2.05) is 11.8 Å². The number of phenolic OH excluding ortho intramolecular Hbond substituents is 1. The van der Waals surface area contributed by atoms with Gasteiger partial charge in [0.2, 0.25) is 5.91 Å². The first-order valence-corrected chi connectivity index (χ1v) is 14.0. The number of carbonyl (C=O) groups excluding carboxylic acids is 1. The van der Waals surface area contributed by atoms with Crippen LogP contribution in [0.2, 0.25) is 5.02 Å². The Kier molecular flexibility index (Phi) is 7.35. The minimum atomic E-state index is -0.665. The van der Waals surface area contributed by atoms with Crippen molar-refractivity contribution in [1.29, 1.82) is 0 Å². The molecule has 2 fully saturated rings. The van der Waals surface area contributed by atoms with Crippen molar-refractivity contribution >= 4 is 34.2 Å². The Morgan fingerprint density at radius 1 is 1.24 bits per heavy atom. The van der Waals surface area contributed by atoms with Gasteiger partial charge in [-0.1, -0.05) is 24.2 Å². The molecule has 0 radical (unpaired) electrons. The largest absolute Gasteiger partial charge is 0.507 e. The number of hydrogen-bond donors (Lipinski definition) is 1. The van der Waals surface area contributed by atoms with Crippen LogP contribution in [0, 0.1) is 5.82 Å². The Labute approximate surface area is 241 Å². The van der Waals surface area contributed by atoms with Crippen LogP contribution in [-0.4, -0.2) is 95.5 Å². The second-order valence-corrected chi connectivity index (χ2v) is 11.0. The monoisotopic (exact) mass is 583 g/mol.